The molecule has 1 aliphatic rings. The van der Waals surface area contributed by atoms with Crippen LogP contribution < -0.4 is 10.1 Å². The fourth-order valence-electron chi connectivity index (χ4n) is 3.80. The van der Waals surface area contributed by atoms with E-state index in [0.29, 0.717) is 6.54 Å². The molecule has 156 valence electrons. The molecule has 0 saturated carbocycles. The zero-order valence-electron chi connectivity index (χ0n) is 17.7. The molecule has 1 heterocycles. The number of ether oxygens (including phenoxy) is 1. The number of benzene rings is 2. The van der Waals surface area contributed by atoms with Crippen LogP contribution in [0.3, 0.4) is 0 Å². The Balaban J connectivity index is 1.34. The molecule has 5 heteroatoms. The summed E-state index contributed by atoms with van der Waals surface area (Å²) < 4.78 is 5.50. The second kappa shape index (κ2) is 11.0. The van der Waals surface area contributed by atoms with Crippen molar-refractivity contribution < 1.29 is 9.53 Å². The first-order valence-corrected chi connectivity index (χ1v) is 10.5. The van der Waals surface area contributed by atoms with Gasteiger partial charge < -0.3 is 10.1 Å². The van der Waals surface area contributed by atoms with Crippen LogP contribution in [0.15, 0.2) is 48.5 Å². The average Bonchev–Trinajstić information content (AvgIpc) is 2.74. The lowest BCUT2D eigenvalue weighted by Crippen LogP contribution is -2.49. The van der Waals surface area contributed by atoms with Gasteiger partial charge in [-0.25, -0.2) is 0 Å². The van der Waals surface area contributed by atoms with Gasteiger partial charge in [0.15, 0.2) is 0 Å². The molecular weight excluding hydrogens is 362 g/mol. The van der Waals surface area contributed by atoms with Gasteiger partial charge in [0.2, 0.25) is 5.91 Å². The maximum absolute atomic E-state index is 12.2. The van der Waals surface area contributed by atoms with E-state index in [1.807, 2.05) is 12.1 Å². The maximum Gasteiger partial charge on any atom is 0.234 e. The van der Waals surface area contributed by atoms with E-state index in [0.717, 1.165) is 57.9 Å². The van der Waals surface area contributed by atoms with Crippen molar-refractivity contribution >= 4 is 5.91 Å². The van der Waals surface area contributed by atoms with Crippen LogP contribution in [-0.4, -0.2) is 62.1 Å². The molecule has 2 aromatic rings. The first-order valence-electron chi connectivity index (χ1n) is 10.5. The number of nitrogens with zero attached hydrogens (tertiary/aromatic N) is 2. The zero-order valence-corrected chi connectivity index (χ0v) is 17.7. The van der Waals surface area contributed by atoms with Gasteiger partial charge in [-0.15, -0.1) is 0 Å². The summed E-state index contributed by atoms with van der Waals surface area (Å²) in [7, 11) is 1.73. The third kappa shape index (κ3) is 6.87. The SMILES string of the molecule is COc1ccc(C)cc1CN1CCN(CC(=O)NCCCc2ccccc2)CC1. The Morgan fingerprint density at radius 1 is 1.03 bits per heavy atom. The van der Waals surface area contributed by atoms with Gasteiger partial charge in [-0.1, -0.05) is 48.0 Å². The van der Waals surface area contributed by atoms with Gasteiger partial charge in [0.1, 0.15) is 5.75 Å². The number of amides is 1. The topological polar surface area (TPSA) is 44.8 Å². The predicted molar refractivity (Wildman–Crippen MR) is 117 cm³/mol. The lowest BCUT2D eigenvalue weighted by atomic mass is 10.1. The first kappa shape index (κ1) is 21.3. The monoisotopic (exact) mass is 395 g/mol. The lowest BCUT2D eigenvalue weighted by molar-refractivity contribution is -0.122. The van der Waals surface area contributed by atoms with Gasteiger partial charge >= 0.3 is 0 Å². The standard InChI is InChI=1S/C24H33N3O2/c1-20-10-11-23(29-2)22(17-20)18-26-13-15-27(16-14-26)19-24(28)25-12-6-9-21-7-4-3-5-8-21/h3-5,7-8,10-11,17H,6,9,12-16,18-19H2,1-2H3,(H,25,28). The molecule has 0 aromatic heterocycles. The molecule has 1 fully saturated rings. The quantitative estimate of drug-likeness (QED) is 0.663. The highest BCUT2D eigenvalue weighted by Crippen LogP contribution is 2.22. The molecule has 0 spiro atoms. The largest absolute Gasteiger partial charge is 0.496 e. The minimum Gasteiger partial charge on any atom is -0.496 e. The van der Waals surface area contributed by atoms with Crippen molar-refractivity contribution in [1.82, 2.24) is 15.1 Å². The number of aryl methyl sites for hydroxylation is 2. The Labute approximate surface area is 174 Å². The van der Waals surface area contributed by atoms with Crippen LogP contribution in [0.25, 0.3) is 0 Å². The van der Waals surface area contributed by atoms with Crippen LogP contribution in [0.2, 0.25) is 0 Å². The molecule has 1 saturated heterocycles. The Morgan fingerprint density at radius 2 is 1.76 bits per heavy atom. The third-order valence-corrected chi connectivity index (χ3v) is 5.47. The fraction of sp³-hybridized carbons (Fsp3) is 0.458. The molecule has 0 aliphatic carbocycles. The first-order chi connectivity index (χ1) is 14.1. The van der Waals surface area contributed by atoms with Crippen LogP contribution in [0.4, 0.5) is 0 Å². The van der Waals surface area contributed by atoms with Gasteiger partial charge in [-0.2, -0.15) is 0 Å². The molecular formula is C24H33N3O2. The molecule has 3 rings (SSSR count). The van der Waals surface area contributed by atoms with Crippen LogP contribution in [-0.2, 0) is 17.8 Å². The molecule has 29 heavy (non-hydrogen) atoms. The third-order valence-electron chi connectivity index (χ3n) is 5.47. The summed E-state index contributed by atoms with van der Waals surface area (Å²) in [5.41, 5.74) is 3.81. The van der Waals surface area contributed by atoms with Gasteiger partial charge in [-0.05, 0) is 31.4 Å². The van der Waals surface area contributed by atoms with E-state index in [9.17, 15) is 4.79 Å². The Bertz CT molecular complexity index is 771. The van der Waals surface area contributed by atoms with Crippen molar-refractivity contribution in [3.05, 3.63) is 65.2 Å². The highest BCUT2D eigenvalue weighted by Gasteiger charge is 2.20. The summed E-state index contributed by atoms with van der Waals surface area (Å²) in [6.45, 7) is 8.02. The van der Waals surface area contributed by atoms with Crippen LogP contribution in [0.5, 0.6) is 5.75 Å². The minimum absolute atomic E-state index is 0.131. The van der Waals surface area contributed by atoms with Crippen LogP contribution >= 0.6 is 0 Å². The number of hydrogen-bond donors (Lipinski definition) is 1. The van der Waals surface area contributed by atoms with Crippen molar-refractivity contribution in [2.45, 2.75) is 26.3 Å². The van der Waals surface area contributed by atoms with E-state index in [4.69, 9.17) is 4.74 Å². The van der Waals surface area contributed by atoms with Crippen molar-refractivity contribution in [2.75, 3.05) is 46.4 Å². The highest BCUT2D eigenvalue weighted by molar-refractivity contribution is 5.78. The molecule has 0 radical (unpaired) electrons. The van der Waals surface area contributed by atoms with Crippen molar-refractivity contribution in [3.8, 4) is 5.75 Å². The summed E-state index contributed by atoms with van der Waals surface area (Å²) in [5.74, 6) is 1.08. The fourth-order valence-corrected chi connectivity index (χ4v) is 3.80. The molecule has 1 amide bonds. The normalized spacial score (nSPS) is 15.2. The van der Waals surface area contributed by atoms with E-state index in [2.05, 4.69) is 58.4 Å². The van der Waals surface area contributed by atoms with Gasteiger partial charge in [0.25, 0.3) is 0 Å². The van der Waals surface area contributed by atoms with E-state index < -0.39 is 0 Å². The lowest BCUT2D eigenvalue weighted by Gasteiger charge is -2.34. The second-order valence-corrected chi connectivity index (χ2v) is 7.81. The number of rotatable bonds is 9. The molecule has 0 bridgehead atoms. The van der Waals surface area contributed by atoms with E-state index in [1.54, 1.807) is 7.11 Å². The zero-order chi connectivity index (χ0) is 20.5. The molecule has 0 unspecified atom stereocenters. The Hall–Kier alpha value is -2.37. The van der Waals surface area contributed by atoms with Crippen molar-refractivity contribution in [2.24, 2.45) is 0 Å². The molecule has 0 atom stereocenters. The molecule has 2 aromatic carbocycles. The van der Waals surface area contributed by atoms with Crippen LogP contribution in [0.1, 0.15) is 23.1 Å². The maximum atomic E-state index is 12.2. The Kier molecular flexibility index (Phi) is 8.08. The number of carbonyl (C=O) groups excluding carboxylic acids is 1. The number of nitrogens with one attached hydrogen (secondary N) is 1. The molecule has 1 aliphatic heterocycles. The number of piperazine rings is 1. The van der Waals surface area contributed by atoms with Gasteiger partial charge in [-0.3, -0.25) is 14.6 Å². The highest BCUT2D eigenvalue weighted by atomic mass is 16.5. The number of hydrogen-bond acceptors (Lipinski definition) is 4. The number of methoxy groups -OCH3 is 1. The minimum atomic E-state index is 0.131. The number of carbonyl (C=O) groups is 1. The van der Waals surface area contributed by atoms with Gasteiger partial charge in [0.05, 0.1) is 13.7 Å². The van der Waals surface area contributed by atoms with Gasteiger partial charge in [0, 0.05) is 44.8 Å². The summed E-state index contributed by atoms with van der Waals surface area (Å²) >= 11 is 0. The smallest absolute Gasteiger partial charge is 0.234 e. The van der Waals surface area contributed by atoms with E-state index in [-0.39, 0.29) is 5.91 Å². The molecule has 1 N–H and O–H groups in total. The summed E-state index contributed by atoms with van der Waals surface area (Å²) in [4.78, 5) is 16.9. The summed E-state index contributed by atoms with van der Waals surface area (Å²) in [6.07, 6.45) is 1.98. The van der Waals surface area contributed by atoms with E-state index in [1.165, 1.54) is 16.7 Å². The average molecular weight is 396 g/mol. The summed E-state index contributed by atoms with van der Waals surface area (Å²) in [6, 6.07) is 16.7. The van der Waals surface area contributed by atoms with Crippen molar-refractivity contribution in [3.63, 3.8) is 0 Å². The second-order valence-electron chi connectivity index (χ2n) is 7.81. The molecule has 5 nitrogen and oxygen atoms in total. The van der Waals surface area contributed by atoms with Crippen LogP contribution in [0, 0.1) is 6.92 Å². The van der Waals surface area contributed by atoms with Crippen molar-refractivity contribution in [1.29, 1.82) is 0 Å². The van der Waals surface area contributed by atoms with E-state index >= 15 is 0 Å². The Morgan fingerprint density at radius 3 is 2.48 bits per heavy atom. The predicted octanol–water partition coefficient (Wildman–Crippen LogP) is 2.87. The summed E-state index contributed by atoms with van der Waals surface area (Å²) in [5, 5.41) is 3.06.